The maximum absolute atomic E-state index is 13.0. The van der Waals surface area contributed by atoms with Gasteiger partial charge in [0.15, 0.2) is 0 Å². The summed E-state index contributed by atoms with van der Waals surface area (Å²) < 4.78 is 5.30. The lowest BCUT2D eigenvalue weighted by Gasteiger charge is -2.38. The highest BCUT2D eigenvalue weighted by atomic mass is 35.5. The maximum atomic E-state index is 13.0. The van der Waals surface area contributed by atoms with Crippen LogP contribution in [-0.2, 0) is 9.53 Å². The molecule has 2 amide bonds. The first-order chi connectivity index (χ1) is 16.9. The van der Waals surface area contributed by atoms with E-state index in [1.807, 2.05) is 24.3 Å². The number of ether oxygens (including phenoxy) is 1. The number of halogens is 1. The largest absolute Gasteiger partial charge is 0.463 e. The normalized spacial score (nSPS) is 18.6. The lowest BCUT2D eigenvalue weighted by Crippen LogP contribution is -2.51. The average Bonchev–Trinajstić information content (AvgIpc) is 2.85. The van der Waals surface area contributed by atoms with E-state index in [-0.39, 0.29) is 12.3 Å². The van der Waals surface area contributed by atoms with Crippen LogP contribution in [0, 0.1) is 10.1 Å². The van der Waals surface area contributed by atoms with Crippen LogP contribution in [0.2, 0.25) is 5.02 Å². The van der Waals surface area contributed by atoms with Gasteiger partial charge in [-0.1, -0.05) is 11.6 Å². The van der Waals surface area contributed by atoms with Crippen LogP contribution in [0.5, 0.6) is 0 Å². The predicted molar refractivity (Wildman–Crippen MR) is 131 cm³/mol. The number of benzene rings is 2. The molecule has 2 aromatic rings. The Morgan fingerprint density at radius 2 is 1.77 bits per heavy atom. The van der Waals surface area contributed by atoms with E-state index in [0.717, 1.165) is 31.9 Å². The van der Waals surface area contributed by atoms with Crippen molar-refractivity contribution in [3.05, 3.63) is 80.5 Å². The fraction of sp³-hybridized carbons (Fsp3) is 0.333. The molecular formula is C24H26ClN5O5. The zero-order valence-electron chi connectivity index (χ0n) is 19.2. The monoisotopic (exact) mass is 499 g/mol. The van der Waals surface area contributed by atoms with Gasteiger partial charge in [0.05, 0.1) is 23.1 Å². The summed E-state index contributed by atoms with van der Waals surface area (Å²) in [5.74, 6) is -0.543. The molecule has 0 radical (unpaired) electrons. The van der Waals surface area contributed by atoms with E-state index in [2.05, 4.69) is 20.4 Å². The number of carbonyl (C=O) groups is 2. The number of nitrogens with zero attached hydrogens (tertiary/aromatic N) is 3. The van der Waals surface area contributed by atoms with E-state index < -0.39 is 23.0 Å². The first-order valence-corrected chi connectivity index (χ1v) is 11.7. The molecule has 2 aromatic carbocycles. The summed E-state index contributed by atoms with van der Waals surface area (Å²) in [6.45, 7) is 5.27. The molecule has 0 unspecified atom stereocenters. The van der Waals surface area contributed by atoms with Gasteiger partial charge in [-0.15, -0.1) is 0 Å². The van der Waals surface area contributed by atoms with E-state index in [4.69, 9.17) is 16.3 Å². The first-order valence-electron chi connectivity index (χ1n) is 11.3. The predicted octanol–water partition coefficient (Wildman–Crippen LogP) is 3.24. The minimum atomic E-state index is -0.783. The summed E-state index contributed by atoms with van der Waals surface area (Å²) >= 11 is 5.99. The summed E-state index contributed by atoms with van der Waals surface area (Å²) in [5.41, 5.74) is 2.33. The Labute approximate surface area is 207 Å². The van der Waals surface area contributed by atoms with E-state index in [0.29, 0.717) is 28.4 Å². The van der Waals surface area contributed by atoms with Gasteiger partial charge in [0.25, 0.3) is 5.69 Å². The van der Waals surface area contributed by atoms with Crippen molar-refractivity contribution in [1.29, 1.82) is 0 Å². The van der Waals surface area contributed by atoms with Gasteiger partial charge in [0, 0.05) is 61.3 Å². The number of esters is 1. The van der Waals surface area contributed by atoms with Crippen molar-refractivity contribution in [3.63, 3.8) is 0 Å². The summed E-state index contributed by atoms with van der Waals surface area (Å²) in [6, 6.07) is 12.2. The number of non-ortho nitro benzene ring substituents is 1. The first kappa shape index (κ1) is 24.5. The van der Waals surface area contributed by atoms with Crippen LogP contribution in [0.15, 0.2) is 59.8 Å². The van der Waals surface area contributed by atoms with Crippen LogP contribution in [0.1, 0.15) is 18.5 Å². The van der Waals surface area contributed by atoms with Crippen molar-refractivity contribution in [2.45, 2.75) is 13.0 Å². The Morgan fingerprint density at radius 3 is 2.37 bits per heavy atom. The molecular weight excluding hydrogens is 474 g/mol. The van der Waals surface area contributed by atoms with Gasteiger partial charge in [0.1, 0.15) is 0 Å². The van der Waals surface area contributed by atoms with Crippen LogP contribution in [0.25, 0.3) is 0 Å². The number of rotatable bonds is 7. The van der Waals surface area contributed by atoms with Gasteiger partial charge in [-0.05, 0) is 48.9 Å². The molecule has 2 heterocycles. The Bertz CT molecular complexity index is 1130. The summed E-state index contributed by atoms with van der Waals surface area (Å²) in [7, 11) is 0. The Morgan fingerprint density at radius 1 is 1.11 bits per heavy atom. The molecule has 10 nitrogen and oxygen atoms in total. The standard InChI is InChI=1S/C24H26ClN5O5/c1-2-35-23(31)21-20(15-28-11-13-29(14-12-28)18-9-5-17(25)6-10-18)26-24(32)27-22(21)16-3-7-19(8-4-16)30(33)34/h3-10,22H,2,11-15H2,1H3,(H2,26,27,32)/t22-/m0/s1. The number of hydrogen-bond acceptors (Lipinski definition) is 7. The van der Waals surface area contributed by atoms with Crippen molar-refractivity contribution in [2.75, 3.05) is 44.2 Å². The molecule has 0 saturated carbocycles. The Balaban J connectivity index is 1.55. The SMILES string of the molecule is CCOC(=O)C1=C(CN2CCN(c3ccc(Cl)cc3)CC2)NC(=O)N[C@H]1c1ccc([N+](=O)[O-])cc1. The molecule has 2 N–H and O–H groups in total. The number of hydrogen-bond donors (Lipinski definition) is 2. The van der Waals surface area contributed by atoms with Gasteiger partial charge in [-0.2, -0.15) is 0 Å². The maximum Gasteiger partial charge on any atom is 0.338 e. The Kier molecular flexibility index (Phi) is 7.52. The van der Waals surface area contributed by atoms with Crippen LogP contribution < -0.4 is 15.5 Å². The molecule has 0 aromatic heterocycles. The second-order valence-corrected chi connectivity index (χ2v) is 8.67. The molecule has 1 saturated heterocycles. The molecule has 35 heavy (non-hydrogen) atoms. The van der Waals surface area contributed by atoms with Crippen molar-refractivity contribution in [2.24, 2.45) is 0 Å². The fourth-order valence-corrected chi connectivity index (χ4v) is 4.40. The third kappa shape index (κ3) is 5.72. The summed E-state index contributed by atoms with van der Waals surface area (Å²) in [6.07, 6.45) is 0. The van der Waals surface area contributed by atoms with Gasteiger partial charge in [-0.25, -0.2) is 9.59 Å². The number of anilines is 1. The number of piperazine rings is 1. The van der Waals surface area contributed by atoms with Gasteiger partial charge in [0.2, 0.25) is 0 Å². The molecule has 1 atom stereocenters. The second kappa shape index (κ2) is 10.7. The van der Waals surface area contributed by atoms with E-state index in [1.165, 1.54) is 24.3 Å². The molecule has 184 valence electrons. The molecule has 1 fully saturated rings. The van der Waals surface area contributed by atoms with Gasteiger partial charge < -0.3 is 20.3 Å². The minimum absolute atomic E-state index is 0.0746. The molecule has 0 bridgehead atoms. The zero-order chi connectivity index (χ0) is 24.9. The lowest BCUT2D eigenvalue weighted by molar-refractivity contribution is -0.384. The average molecular weight is 500 g/mol. The number of urea groups is 1. The number of amides is 2. The van der Waals surface area contributed by atoms with Crippen molar-refractivity contribution in [3.8, 4) is 0 Å². The van der Waals surface area contributed by atoms with E-state index in [9.17, 15) is 19.7 Å². The van der Waals surface area contributed by atoms with Gasteiger partial charge in [-0.3, -0.25) is 15.0 Å². The smallest absolute Gasteiger partial charge is 0.338 e. The van der Waals surface area contributed by atoms with E-state index in [1.54, 1.807) is 6.92 Å². The highest BCUT2D eigenvalue weighted by Crippen LogP contribution is 2.30. The molecule has 2 aliphatic heterocycles. The highest BCUT2D eigenvalue weighted by Gasteiger charge is 2.35. The topological polar surface area (TPSA) is 117 Å². The van der Waals surface area contributed by atoms with Crippen LogP contribution in [-0.4, -0.2) is 61.2 Å². The second-order valence-electron chi connectivity index (χ2n) is 8.23. The fourth-order valence-electron chi connectivity index (χ4n) is 4.27. The highest BCUT2D eigenvalue weighted by molar-refractivity contribution is 6.30. The van der Waals surface area contributed by atoms with Crippen molar-refractivity contribution >= 4 is 35.0 Å². The quantitative estimate of drug-likeness (QED) is 0.341. The Hall–Kier alpha value is -3.63. The molecule has 0 spiro atoms. The number of nitrogens with one attached hydrogen (secondary N) is 2. The van der Waals surface area contributed by atoms with Crippen LogP contribution in [0.3, 0.4) is 0 Å². The molecule has 2 aliphatic rings. The van der Waals surface area contributed by atoms with Gasteiger partial charge >= 0.3 is 12.0 Å². The van der Waals surface area contributed by atoms with Crippen LogP contribution in [0.4, 0.5) is 16.2 Å². The summed E-state index contributed by atoms with van der Waals surface area (Å²) in [5, 5.41) is 17.3. The zero-order valence-corrected chi connectivity index (χ0v) is 20.0. The van der Waals surface area contributed by atoms with E-state index >= 15 is 0 Å². The van der Waals surface area contributed by atoms with Crippen molar-refractivity contribution in [1.82, 2.24) is 15.5 Å². The molecule has 11 heteroatoms. The van der Waals surface area contributed by atoms with Crippen LogP contribution >= 0.6 is 11.6 Å². The molecule has 4 rings (SSSR count). The third-order valence-electron chi connectivity index (χ3n) is 6.03. The third-order valence-corrected chi connectivity index (χ3v) is 6.28. The summed E-state index contributed by atoms with van der Waals surface area (Å²) in [4.78, 5) is 40.4. The molecule has 0 aliphatic carbocycles. The number of nitro groups is 1. The number of carbonyl (C=O) groups excluding carboxylic acids is 2. The van der Waals surface area contributed by atoms with Crippen molar-refractivity contribution < 1.29 is 19.2 Å². The lowest BCUT2D eigenvalue weighted by atomic mass is 9.94. The number of nitro benzene ring substituents is 1. The minimum Gasteiger partial charge on any atom is -0.463 e.